The second-order valence-electron chi connectivity index (χ2n) is 4.86. The van der Waals surface area contributed by atoms with Crippen molar-refractivity contribution in [3.63, 3.8) is 0 Å². The summed E-state index contributed by atoms with van der Waals surface area (Å²) >= 11 is 0. The molecule has 3 rings (SSSR count). The van der Waals surface area contributed by atoms with Gasteiger partial charge in [0.05, 0.1) is 0 Å². The van der Waals surface area contributed by atoms with Gasteiger partial charge < -0.3 is 10.6 Å². The first-order valence-corrected chi connectivity index (χ1v) is 6.38. The van der Waals surface area contributed by atoms with Gasteiger partial charge in [0.2, 0.25) is 0 Å². The van der Waals surface area contributed by atoms with Crippen LogP contribution < -0.4 is 10.6 Å². The van der Waals surface area contributed by atoms with Gasteiger partial charge in [-0.1, -0.05) is 6.07 Å². The number of hydrogen-bond acceptors (Lipinski definition) is 3. The Labute approximate surface area is 96.7 Å². The molecule has 1 aliphatic carbocycles. The summed E-state index contributed by atoms with van der Waals surface area (Å²) in [4.78, 5) is 4.49. The number of hydrogen-bond donors (Lipinski definition) is 2. The van der Waals surface area contributed by atoms with Crippen LogP contribution in [0.2, 0.25) is 0 Å². The molecule has 1 atom stereocenters. The smallest absolute Gasteiger partial charge is 0.130 e. The molecule has 0 bridgehead atoms. The third-order valence-corrected chi connectivity index (χ3v) is 3.72. The zero-order chi connectivity index (χ0) is 10.8. The summed E-state index contributed by atoms with van der Waals surface area (Å²) in [6.07, 6.45) is 8.37. The fraction of sp³-hybridized carbons (Fsp3) is 0.615. The van der Waals surface area contributed by atoms with Crippen molar-refractivity contribution in [1.29, 1.82) is 0 Å². The molecule has 1 saturated carbocycles. The molecule has 0 spiro atoms. The fourth-order valence-electron chi connectivity index (χ4n) is 2.52. The minimum Gasteiger partial charge on any atom is -0.367 e. The number of nitrogens with zero attached hydrogens (tertiary/aromatic N) is 1. The van der Waals surface area contributed by atoms with Crippen molar-refractivity contribution in [2.24, 2.45) is 0 Å². The van der Waals surface area contributed by atoms with Gasteiger partial charge in [0.1, 0.15) is 5.82 Å². The van der Waals surface area contributed by atoms with Crippen LogP contribution in [-0.4, -0.2) is 17.6 Å². The largest absolute Gasteiger partial charge is 0.367 e. The molecule has 2 heterocycles. The Morgan fingerprint density at radius 2 is 2.19 bits per heavy atom. The van der Waals surface area contributed by atoms with Crippen LogP contribution in [-0.2, 0) is 0 Å². The standard InChI is InChI=1S/C13H19N3/c1-4-10(5-1)16-13-11(6-2-9-15-13)12-7-3-8-14-12/h2,6,9-10,12,14H,1,3-5,7-8H2,(H,15,16)/t12-/m0/s1. The van der Waals surface area contributed by atoms with Crippen molar-refractivity contribution < 1.29 is 0 Å². The number of nitrogens with one attached hydrogen (secondary N) is 2. The molecule has 0 radical (unpaired) electrons. The van der Waals surface area contributed by atoms with Gasteiger partial charge >= 0.3 is 0 Å². The lowest BCUT2D eigenvalue weighted by molar-refractivity contribution is 0.443. The highest BCUT2D eigenvalue weighted by Crippen LogP contribution is 2.30. The molecular formula is C13H19N3. The van der Waals surface area contributed by atoms with Gasteiger partial charge in [0.15, 0.2) is 0 Å². The van der Waals surface area contributed by atoms with Crippen molar-refractivity contribution in [1.82, 2.24) is 10.3 Å². The van der Waals surface area contributed by atoms with Crippen LogP contribution in [0.1, 0.15) is 43.7 Å². The number of aromatic nitrogens is 1. The molecule has 0 unspecified atom stereocenters. The Kier molecular flexibility index (Phi) is 2.79. The predicted octanol–water partition coefficient (Wildman–Crippen LogP) is 2.47. The lowest BCUT2D eigenvalue weighted by atomic mass is 9.93. The molecule has 86 valence electrons. The first-order valence-electron chi connectivity index (χ1n) is 6.38. The van der Waals surface area contributed by atoms with E-state index in [1.165, 1.54) is 37.7 Å². The van der Waals surface area contributed by atoms with Crippen LogP contribution >= 0.6 is 0 Å². The molecule has 3 heteroatoms. The SMILES string of the molecule is c1cnc(NC2CCC2)c([C@@H]2CCCN2)c1. The Hall–Kier alpha value is -1.09. The van der Waals surface area contributed by atoms with Crippen molar-refractivity contribution in [3.05, 3.63) is 23.9 Å². The van der Waals surface area contributed by atoms with E-state index >= 15 is 0 Å². The molecule has 2 N–H and O–H groups in total. The van der Waals surface area contributed by atoms with Crippen LogP contribution in [0.25, 0.3) is 0 Å². The Morgan fingerprint density at radius 1 is 1.25 bits per heavy atom. The highest BCUT2D eigenvalue weighted by atomic mass is 15.0. The summed E-state index contributed by atoms with van der Waals surface area (Å²) in [5.41, 5.74) is 1.35. The van der Waals surface area contributed by atoms with Crippen LogP contribution in [0.5, 0.6) is 0 Å². The number of pyridine rings is 1. The van der Waals surface area contributed by atoms with E-state index < -0.39 is 0 Å². The second kappa shape index (κ2) is 4.42. The first-order chi connectivity index (χ1) is 7.93. The van der Waals surface area contributed by atoms with Crippen molar-refractivity contribution in [3.8, 4) is 0 Å². The van der Waals surface area contributed by atoms with Gasteiger partial charge in [0.25, 0.3) is 0 Å². The Morgan fingerprint density at radius 3 is 2.88 bits per heavy atom. The Bertz CT molecular complexity index is 354. The van der Waals surface area contributed by atoms with E-state index in [1.54, 1.807) is 0 Å². The van der Waals surface area contributed by atoms with Gasteiger partial charge in [-0.2, -0.15) is 0 Å². The molecule has 0 amide bonds. The lowest BCUT2D eigenvalue weighted by Gasteiger charge is -2.28. The van der Waals surface area contributed by atoms with Crippen LogP contribution in [0, 0.1) is 0 Å². The maximum absolute atomic E-state index is 4.49. The zero-order valence-corrected chi connectivity index (χ0v) is 9.58. The summed E-state index contributed by atoms with van der Waals surface area (Å²) < 4.78 is 0. The lowest BCUT2D eigenvalue weighted by Crippen LogP contribution is -2.28. The maximum atomic E-state index is 4.49. The van der Waals surface area contributed by atoms with Gasteiger partial charge in [-0.05, 0) is 44.7 Å². The van der Waals surface area contributed by atoms with Gasteiger partial charge in [-0.15, -0.1) is 0 Å². The monoisotopic (exact) mass is 217 g/mol. The molecule has 1 aromatic rings. The van der Waals surface area contributed by atoms with Crippen molar-refractivity contribution >= 4 is 5.82 Å². The Balaban J connectivity index is 1.78. The first kappa shape index (κ1) is 10.1. The van der Waals surface area contributed by atoms with E-state index in [1.807, 2.05) is 12.3 Å². The van der Waals surface area contributed by atoms with E-state index in [9.17, 15) is 0 Å². The van der Waals surface area contributed by atoms with Crippen LogP contribution in [0.4, 0.5) is 5.82 Å². The molecule has 1 aromatic heterocycles. The normalized spacial score (nSPS) is 25.4. The van der Waals surface area contributed by atoms with Gasteiger partial charge in [0, 0.05) is 23.8 Å². The minimum absolute atomic E-state index is 0.510. The van der Waals surface area contributed by atoms with E-state index in [0.717, 1.165) is 12.4 Å². The molecule has 2 fully saturated rings. The van der Waals surface area contributed by atoms with Gasteiger partial charge in [-0.3, -0.25) is 0 Å². The summed E-state index contributed by atoms with van der Waals surface area (Å²) in [7, 11) is 0. The number of anilines is 1. The molecular weight excluding hydrogens is 198 g/mol. The highest BCUT2D eigenvalue weighted by molar-refractivity contribution is 5.47. The average molecular weight is 217 g/mol. The number of rotatable bonds is 3. The molecule has 16 heavy (non-hydrogen) atoms. The van der Waals surface area contributed by atoms with Crippen molar-refractivity contribution in [2.75, 3.05) is 11.9 Å². The second-order valence-corrected chi connectivity index (χ2v) is 4.86. The fourth-order valence-corrected chi connectivity index (χ4v) is 2.52. The summed E-state index contributed by atoms with van der Waals surface area (Å²) in [5, 5.41) is 7.12. The summed E-state index contributed by atoms with van der Waals surface area (Å²) in [6, 6.07) is 5.42. The quantitative estimate of drug-likeness (QED) is 0.816. The third kappa shape index (κ3) is 1.92. The topological polar surface area (TPSA) is 37.0 Å². The van der Waals surface area contributed by atoms with Gasteiger partial charge in [-0.25, -0.2) is 4.98 Å². The molecule has 3 nitrogen and oxygen atoms in total. The zero-order valence-electron chi connectivity index (χ0n) is 9.58. The van der Waals surface area contributed by atoms with Crippen LogP contribution in [0.15, 0.2) is 18.3 Å². The highest BCUT2D eigenvalue weighted by Gasteiger charge is 2.23. The average Bonchev–Trinajstić information content (AvgIpc) is 2.77. The molecule has 0 aromatic carbocycles. The predicted molar refractivity (Wildman–Crippen MR) is 65.5 cm³/mol. The van der Waals surface area contributed by atoms with E-state index in [4.69, 9.17) is 0 Å². The third-order valence-electron chi connectivity index (χ3n) is 3.72. The molecule has 1 aliphatic heterocycles. The summed E-state index contributed by atoms with van der Waals surface area (Å²) in [6.45, 7) is 1.14. The minimum atomic E-state index is 0.510. The van der Waals surface area contributed by atoms with Crippen LogP contribution in [0.3, 0.4) is 0 Å². The van der Waals surface area contributed by atoms with E-state index in [0.29, 0.717) is 12.1 Å². The summed E-state index contributed by atoms with van der Waals surface area (Å²) in [5.74, 6) is 1.10. The van der Waals surface area contributed by atoms with E-state index in [2.05, 4.69) is 21.7 Å². The van der Waals surface area contributed by atoms with Crippen molar-refractivity contribution in [2.45, 2.75) is 44.2 Å². The maximum Gasteiger partial charge on any atom is 0.130 e. The molecule has 2 aliphatic rings. The molecule has 1 saturated heterocycles. The van der Waals surface area contributed by atoms with E-state index in [-0.39, 0.29) is 0 Å².